The number of carbonyl (C=O) groups is 1. The summed E-state index contributed by atoms with van der Waals surface area (Å²) < 4.78 is 0. The van der Waals surface area contributed by atoms with Crippen LogP contribution in [-0.2, 0) is 10.2 Å². The summed E-state index contributed by atoms with van der Waals surface area (Å²) in [6, 6.07) is 4.12. The minimum Gasteiger partial charge on any atom is -0.481 e. The van der Waals surface area contributed by atoms with Crippen LogP contribution in [0, 0.1) is 0 Å². The van der Waals surface area contributed by atoms with E-state index in [1.165, 1.54) is 24.1 Å². The van der Waals surface area contributed by atoms with Crippen molar-refractivity contribution in [1.82, 2.24) is 0 Å². The maximum absolute atomic E-state index is 11.0. The Kier molecular flexibility index (Phi) is 3.10. The highest BCUT2D eigenvalue weighted by Crippen LogP contribution is 2.43. The first-order chi connectivity index (χ1) is 7.23. The lowest BCUT2D eigenvalue weighted by Gasteiger charge is -2.35. The normalized spacial score (nSPS) is 20.0. The molecule has 0 spiro atoms. The fraction of sp³-hybridized carbons (Fsp3) is 0.583. The second-order valence-corrected chi connectivity index (χ2v) is 5.34. The van der Waals surface area contributed by atoms with Gasteiger partial charge >= 0.3 is 5.97 Å². The summed E-state index contributed by atoms with van der Waals surface area (Å²) in [4.78, 5) is 12.2. The van der Waals surface area contributed by atoms with Crippen LogP contribution in [0.2, 0.25) is 0 Å². The quantitative estimate of drug-likeness (QED) is 0.854. The van der Waals surface area contributed by atoms with Crippen molar-refractivity contribution >= 4 is 17.3 Å². The van der Waals surface area contributed by atoms with E-state index in [1.807, 2.05) is 11.4 Å². The number of carboxylic acids is 1. The van der Waals surface area contributed by atoms with Gasteiger partial charge in [0.1, 0.15) is 0 Å². The highest BCUT2D eigenvalue weighted by molar-refractivity contribution is 7.10. The highest BCUT2D eigenvalue weighted by atomic mass is 32.1. The van der Waals surface area contributed by atoms with Crippen molar-refractivity contribution in [2.45, 2.75) is 43.9 Å². The summed E-state index contributed by atoms with van der Waals surface area (Å²) in [7, 11) is 0. The number of hydrogen-bond donors (Lipinski definition) is 1. The van der Waals surface area contributed by atoms with E-state index in [1.54, 1.807) is 11.3 Å². The molecule has 2 nitrogen and oxygen atoms in total. The maximum Gasteiger partial charge on any atom is 0.304 e. The van der Waals surface area contributed by atoms with Gasteiger partial charge < -0.3 is 5.11 Å². The molecule has 0 saturated heterocycles. The zero-order valence-electron chi connectivity index (χ0n) is 8.74. The Hall–Kier alpha value is -0.830. The number of rotatable bonds is 3. The summed E-state index contributed by atoms with van der Waals surface area (Å²) in [5, 5.41) is 11.1. The van der Waals surface area contributed by atoms with E-state index >= 15 is 0 Å². The second kappa shape index (κ2) is 4.35. The van der Waals surface area contributed by atoms with Crippen LogP contribution in [0.5, 0.6) is 0 Å². The lowest BCUT2D eigenvalue weighted by Crippen LogP contribution is -2.30. The van der Waals surface area contributed by atoms with Gasteiger partial charge in [-0.05, 0) is 24.3 Å². The minimum atomic E-state index is -0.662. The summed E-state index contributed by atoms with van der Waals surface area (Å²) in [6.45, 7) is 0. The van der Waals surface area contributed by atoms with Crippen LogP contribution >= 0.6 is 11.3 Å². The molecule has 1 aromatic rings. The molecule has 1 heterocycles. The number of aliphatic carboxylic acids is 1. The molecule has 82 valence electrons. The van der Waals surface area contributed by atoms with E-state index in [0.29, 0.717) is 6.42 Å². The van der Waals surface area contributed by atoms with E-state index in [-0.39, 0.29) is 5.41 Å². The average Bonchev–Trinajstić information content (AvgIpc) is 2.71. The van der Waals surface area contributed by atoms with Crippen molar-refractivity contribution in [3.05, 3.63) is 22.4 Å². The first kappa shape index (κ1) is 10.7. The molecule has 1 fully saturated rings. The lowest BCUT2D eigenvalue weighted by molar-refractivity contribution is -0.138. The number of carboxylic acid groups (broad SMARTS) is 1. The molecule has 15 heavy (non-hydrogen) atoms. The Morgan fingerprint density at radius 2 is 2.13 bits per heavy atom. The van der Waals surface area contributed by atoms with Gasteiger partial charge in [0.25, 0.3) is 0 Å². The molecular weight excluding hydrogens is 208 g/mol. The molecule has 0 bridgehead atoms. The fourth-order valence-electron chi connectivity index (χ4n) is 2.61. The Balaban J connectivity index is 2.25. The van der Waals surface area contributed by atoms with Crippen molar-refractivity contribution in [3.8, 4) is 0 Å². The molecule has 3 heteroatoms. The summed E-state index contributed by atoms with van der Waals surface area (Å²) in [6.07, 6.45) is 5.98. The predicted octanol–water partition coefficient (Wildman–Crippen LogP) is 3.42. The topological polar surface area (TPSA) is 37.3 Å². The highest BCUT2D eigenvalue weighted by Gasteiger charge is 2.36. The number of hydrogen-bond acceptors (Lipinski definition) is 2. The zero-order valence-corrected chi connectivity index (χ0v) is 9.55. The van der Waals surface area contributed by atoms with Crippen LogP contribution in [0.3, 0.4) is 0 Å². The summed E-state index contributed by atoms with van der Waals surface area (Å²) in [5.41, 5.74) is -0.0573. The Bertz CT molecular complexity index is 323. The van der Waals surface area contributed by atoms with E-state index in [9.17, 15) is 4.79 Å². The van der Waals surface area contributed by atoms with Gasteiger partial charge in [0.2, 0.25) is 0 Å². The summed E-state index contributed by atoms with van der Waals surface area (Å²) >= 11 is 1.71. The van der Waals surface area contributed by atoms with Crippen LogP contribution < -0.4 is 0 Å². The second-order valence-electron chi connectivity index (χ2n) is 4.39. The van der Waals surface area contributed by atoms with Gasteiger partial charge in [0.05, 0.1) is 6.42 Å². The standard InChI is InChI=1S/C12H16O2S/c13-11(14)9-12(6-2-1-3-7-12)10-5-4-8-15-10/h4-5,8H,1-3,6-7,9H2,(H,13,14). The molecule has 0 unspecified atom stereocenters. The minimum absolute atomic E-state index is 0.0573. The number of thiophene rings is 1. The van der Waals surface area contributed by atoms with Gasteiger partial charge in [-0.15, -0.1) is 11.3 Å². The molecule has 1 N–H and O–H groups in total. The molecular formula is C12H16O2S. The van der Waals surface area contributed by atoms with Crippen LogP contribution in [-0.4, -0.2) is 11.1 Å². The van der Waals surface area contributed by atoms with Gasteiger partial charge in [-0.25, -0.2) is 0 Å². The van der Waals surface area contributed by atoms with Gasteiger partial charge in [0, 0.05) is 10.3 Å². The van der Waals surface area contributed by atoms with Gasteiger partial charge in [0.15, 0.2) is 0 Å². The smallest absolute Gasteiger partial charge is 0.304 e. The third-order valence-electron chi connectivity index (χ3n) is 3.34. The average molecular weight is 224 g/mol. The molecule has 0 aromatic carbocycles. The van der Waals surface area contributed by atoms with Gasteiger partial charge in [-0.2, -0.15) is 0 Å². The third-order valence-corrected chi connectivity index (χ3v) is 4.46. The Labute approximate surface area is 93.9 Å². The SMILES string of the molecule is O=C(O)CC1(c2cccs2)CCCCC1. The van der Waals surface area contributed by atoms with Crippen molar-refractivity contribution in [1.29, 1.82) is 0 Å². The molecule has 1 saturated carbocycles. The molecule has 0 radical (unpaired) electrons. The van der Waals surface area contributed by atoms with Crippen LogP contribution in [0.4, 0.5) is 0 Å². The van der Waals surface area contributed by atoms with Crippen molar-refractivity contribution in [2.75, 3.05) is 0 Å². The van der Waals surface area contributed by atoms with Crippen molar-refractivity contribution in [2.24, 2.45) is 0 Å². The molecule has 1 aromatic heterocycles. The molecule has 1 aliphatic carbocycles. The molecule has 2 rings (SSSR count). The largest absolute Gasteiger partial charge is 0.481 e. The molecule has 1 aliphatic rings. The Morgan fingerprint density at radius 3 is 2.67 bits per heavy atom. The van der Waals surface area contributed by atoms with Crippen molar-refractivity contribution in [3.63, 3.8) is 0 Å². The predicted molar refractivity (Wildman–Crippen MR) is 61.3 cm³/mol. The summed E-state index contributed by atoms with van der Waals surface area (Å²) in [5.74, 6) is -0.662. The van der Waals surface area contributed by atoms with E-state index in [0.717, 1.165) is 12.8 Å². The zero-order chi connectivity index (χ0) is 10.7. The van der Waals surface area contributed by atoms with Crippen LogP contribution in [0.1, 0.15) is 43.4 Å². The van der Waals surface area contributed by atoms with Gasteiger partial charge in [-0.1, -0.05) is 25.3 Å². The monoisotopic (exact) mass is 224 g/mol. The van der Waals surface area contributed by atoms with E-state index < -0.39 is 5.97 Å². The fourth-order valence-corrected chi connectivity index (χ4v) is 3.60. The van der Waals surface area contributed by atoms with Gasteiger partial charge in [-0.3, -0.25) is 4.79 Å². The van der Waals surface area contributed by atoms with E-state index in [2.05, 4.69) is 6.07 Å². The van der Waals surface area contributed by atoms with Crippen LogP contribution in [0.25, 0.3) is 0 Å². The Morgan fingerprint density at radius 1 is 1.40 bits per heavy atom. The first-order valence-corrected chi connectivity index (χ1v) is 6.37. The first-order valence-electron chi connectivity index (χ1n) is 5.49. The molecule has 0 atom stereocenters. The third kappa shape index (κ3) is 2.23. The van der Waals surface area contributed by atoms with Crippen LogP contribution in [0.15, 0.2) is 17.5 Å². The van der Waals surface area contributed by atoms with Crippen molar-refractivity contribution < 1.29 is 9.90 Å². The molecule has 0 amide bonds. The molecule has 0 aliphatic heterocycles. The lowest BCUT2D eigenvalue weighted by atomic mass is 9.71. The van der Waals surface area contributed by atoms with E-state index in [4.69, 9.17) is 5.11 Å². The maximum atomic E-state index is 11.0.